The fourth-order valence-electron chi connectivity index (χ4n) is 3.52. The van der Waals surface area contributed by atoms with Crippen molar-refractivity contribution >= 4 is 10.9 Å². The second-order valence-corrected chi connectivity index (χ2v) is 6.86. The monoisotopic (exact) mass is 336 g/mol. The lowest BCUT2D eigenvalue weighted by molar-refractivity contribution is 0.171. The summed E-state index contributed by atoms with van der Waals surface area (Å²) in [5.41, 5.74) is 3.72. The molecule has 25 heavy (non-hydrogen) atoms. The molecule has 1 atom stereocenters. The Kier molecular flexibility index (Phi) is 4.36. The van der Waals surface area contributed by atoms with E-state index in [0.717, 1.165) is 18.0 Å². The molecule has 2 heterocycles. The molecular formula is C21H24N2O2. The van der Waals surface area contributed by atoms with Crippen molar-refractivity contribution < 1.29 is 9.47 Å². The van der Waals surface area contributed by atoms with Crippen molar-refractivity contribution in [2.24, 2.45) is 5.92 Å². The molecule has 2 N–H and O–H groups in total. The lowest BCUT2D eigenvalue weighted by atomic mass is 9.95. The molecule has 0 bridgehead atoms. The van der Waals surface area contributed by atoms with Crippen LogP contribution in [0.4, 0.5) is 0 Å². The Morgan fingerprint density at radius 2 is 1.88 bits per heavy atom. The van der Waals surface area contributed by atoms with Gasteiger partial charge in [0.25, 0.3) is 0 Å². The van der Waals surface area contributed by atoms with Gasteiger partial charge in [0.1, 0.15) is 13.2 Å². The minimum atomic E-state index is 0.255. The number of rotatable bonds is 5. The molecule has 4 nitrogen and oxygen atoms in total. The van der Waals surface area contributed by atoms with Crippen molar-refractivity contribution in [2.75, 3.05) is 13.2 Å². The number of aromatic nitrogens is 1. The number of benzene rings is 2. The Labute approximate surface area is 148 Å². The number of aromatic amines is 1. The molecule has 0 saturated heterocycles. The van der Waals surface area contributed by atoms with E-state index in [1.54, 1.807) is 0 Å². The van der Waals surface area contributed by atoms with Crippen LogP contribution >= 0.6 is 0 Å². The molecule has 0 radical (unpaired) electrons. The number of nitrogens with one attached hydrogen (secondary N) is 2. The molecule has 0 saturated carbocycles. The van der Waals surface area contributed by atoms with Crippen molar-refractivity contribution in [1.29, 1.82) is 0 Å². The predicted molar refractivity (Wildman–Crippen MR) is 100 cm³/mol. The number of hydrogen-bond acceptors (Lipinski definition) is 3. The molecule has 1 aromatic heterocycles. The topological polar surface area (TPSA) is 46.3 Å². The van der Waals surface area contributed by atoms with E-state index in [9.17, 15) is 0 Å². The van der Waals surface area contributed by atoms with E-state index >= 15 is 0 Å². The average molecular weight is 336 g/mol. The van der Waals surface area contributed by atoms with Crippen molar-refractivity contribution in [2.45, 2.75) is 26.4 Å². The molecule has 1 aliphatic heterocycles. The van der Waals surface area contributed by atoms with Crippen LogP contribution in [-0.4, -0.2) is 18.2 Å². The van der Waals surface area contributed by atoms with Crippen LogP contribution in [0.1, 0.15) is 31.0 Å². The van der Waals surface area contributed by atoms with Crippen molar-refractivity contribution in [3.05, 3.63) is 59.8 Å². The third-order valence-corrected chi connectivity index (χ3v) is 4.79. The molecule has 0 amide bonds. The molecule has 130 valence electrons. The minimum Gasteiger partial charge on any atom is -0.486 e. The summed E-state index contributed by atoms with van der Waals surface area (Å²) in [5, 5.41) is 5.01. The first-order valence-electron chi connectivity index (χ1n) is 8.90. The molecule has 0 aliphatic carbocycles. The highest BCUT2D eigenvalue weighted by Gasteiger charge is 2.19. The third-order valence-electron chi connectivity index (χ3n) is 4.79. The van der Waals surface area contributed by atoms with E-state index in [-0.39, 0.29) is 6.04 Å². The number of hydrogen-bond donors (Lipinski definition) is 2. The van der Waals surface area contributed by atoms with Crippen LogP contribution in [0.5, 0.6) is 11.5 Å². The maximum absolute atomic E-state index is 5.75. The highest BCUT2D eigenvalue weighted by atomic mass is 16.6. The minimum absolute atomic E-state index is 0.255. The van der Waals surface area contributed by atoms with Gasteiger partial charge in [-0.2, -0.15) is 0 Å². The van der Waals surface area contributed by atoms with Gasteiger partial charge >= 0.3 is 0 Å². The molecule has 1 aliphatic rings. The zero-order chi connectivity index (χ0) is 17.2. The highest BCUT2D eigenvalue weighted by Crippen LogP contribution is 2.34. The van der Waals surface area contributed by atoms with E-state index in [2.05, 4.69) is 60.5 Å². The average Bonchev–Trinajstić information content (AvgIpc) is 3.11. The van der Waals surface area contributed by atoms with Gasteiger partial charge in [-0.05, 0) is 41.3 Å². The molecule has 4 rings (SSSR count). The van der Waals surface area contributed by atoms with Crippen LogP contribution in [0.2, 0.25) is 0 Å². The van der Waals surface area contributed by atoms with Crippen LogP contribution < -0.4 is 14.8 Å². The van der Waals surface area contributed by atoms with E-state index in [1.165, 1.54) is 22.0 Å². The van der Waals surface area contributed by atoms with E-state index in [4.69, 9.17) is 9.47 Å². The predicted octanol–water partition coefficient (Wildman–Crippen LogP) is 4.43. The summed E-state index contributed by atoms with van der Waals surface area (Å²) in [6.45, 7) is 6.55. The summed E-state index contributed by atoms with van der Waals surface area (Å²) < 4.78 is 11.4. The van der Waals surface area contributed by atoms with Crippen LogP contribution in [0, 0.1) is 5.92 Å². The largest absolute Gasteiger partial charge is 0.486 e. The van der Waals surface area contributed by atoms with Gasteiger partial charge in [-0.1, -0.05) is 32.0 Å². The highest BCUT2D eigenvalue weighted by molar-refractivity contribution is 5.82. The fourth-order valence-corrected chi connectivity index (χ4v) is 3.52. The van der Waals surface area contributed by atoms with Gasteiger partial charge in [0.2, 0.25) is 0 Å². The van der Waals surface area contributed by atoms with Gasteiger partial charge in [0.15, 0.2) is 11.5 Å². The van der Waals surface area contributed by atoms with Gasteiger partial charge < -0.3 is 19.8 Å². The Bertz CT molecular complexity index is 869. The zero-order valence-corrected chi connectivity index (χ0v) is 14.7. The molecule has 0 unspecified atom stereocenters. The fraction of sp³-hybridized carbons (Fsp3) is 0.333. The summed E-state index contributed by atoms with van der Waals surface area (Å²) in [6.07, 6.45) is 1.99. The van der Waals surface area contributed by atoms with Crippen LogP contribution in [-0.2, 0) is 6.54 Å². The molecular weight excluding hydrogens is 312 g/mol. The lowest BCUT2D eigenvalue weighted by Gasteiger charge is -2.25. The number of H-pyrrole nitrogens is 1. The summed E-state index contributed by atoms with van der Waals surface area (Å²) in [4.78, 5) is 3.28. The molecule has 3 aromatic rings. The Morgan fingerprint density at radius 1 is 1.04 bits per heavy atom. The van der Waals surface area contributed by atoms with Crippen LogP contribution in [0.3, 0.4) is 0 Å². The first-order chi connectivity index (χ1) is 12.2. The summed E-state index contributed by atoms with van der Waals surface area (Å²) in [5.74, 6) is 2.16. The van der Waals surface area contributed by atoms with E-state index in [1.807, 2.05) is 12.3 Å². The number of ether oxygens (including phenoxy) is 2. The van der Waals surface area contributed by atoms with Gasteiger partial charge in [0.05, 0.1) is 0 Å². The molecule has 2 aromatic carbocycles. The second-order valence-electron chi connectivity index (χ2n) is 6.86. The normalized spacial score (nSPS) is 14.8. The standard InChI is InChI=1S/C21H24N2O2/c1-14(2)21(15-6-7-19-20(12-15)25-11-10-24-19)23-13-16-4-3-5-18-17(16)8-9-22-18/h3-9,12,14,21-23H,10-11,13H2,1-2H3/t21-/m1/s1. The first kappa shape index (κ1) is 16.0. The second kappa shape index (κ2) is 6.81. The Hall–Kier alpha value is -2.46. The lowest BCUT2D eigenvalue weighted by Crippen LogP contribution is -2.26. The number of fused-ring (bicyclic) bond motifs is 2. The first-order valence-corrected chi connectivity index (χ1v) is 8.90. The summed E-state index contributed by atoms with van der Waals surface area (Å²) >= 11 is 0. The van der Waals surface area contributed by atoms with Crippen molar-refractivity contribution in [3.63, 3.8) is 0 Å². The zero-order valence-electron chi connectivity index (χ0n) is 14.7. The van der Waals surface area contributed by atoms with Gasteiger partial charge in [0, 0.05) is 29.7 Å². The Balaban J connectivity index is 1.56. The van der Waals surface area contributed by atoms with Crippen molar-refractivity contribution in [1.82, 2.24) is 10.3 Å². The molecule has 4 heteroatoms. The van der Waals surface area contributed by atoms with Crippen LogP contribution in [0.25, 0.3) is 10.9 Å². The smallest absolute Gasteiger partial charge is 0.161 e. The van der Waals surface area contributed by atoms with Gasteiger partial charge in [-0.25, -0.2) is 0 Å². The summed E-state index contributed by atoms with van der Waals surface area (Å²) in [6, 6.07) is 15.1. The maximum Gasteiger partial charge on any atom is 0.161 e. The molecule has 0 fully saturated rings. The van der Waals surface area contributed by atoms with Crippen molar-refractivity contribution in [3.8, 4) is 11.5 Å². The van der Waals surface area contributed by atoms with Gasteiger partial charge in [-0.15, -0.1) is 0 Å². The van der Waals surface area contributed by atoms with Crippen LogP contribution in [0.15, 0.2) is 48.7 Å². The molecule has 0 spiro atoms. The third kappa shape index (κ3) is 3.22. The summed E-state index contributed by atoms with van der Waals surface area (Å²) in [7, 11) is 0. The quantitative estimate of drug-likeness (QED) is 0.725. The van der Waals surface area contributed by atoms with E-state index in [0.29, 0.717) is 19.1 Å². The van der Waals surface area contributed by atoms with Gasteiger partial charge in [-0.3, -0.25) is 0 Å². The Morgan fingerprint density at radius 3 is 2.72 bits per heavy atom. The SMILES string of the molecule is CC(C)[C@@H](NCc1cccc2[nH]ccc12)c1ccc2c(c1)OCCO2. The maximum atomic E-state index is 5.75. The van der Waals surface area contributed by atoms with E-state index < -0.39 is 0 Å².